The van der Waals surface area contributed by atoms with Gasteiger partial charge in [-0.3, -0.25) is 0 Å². The summed E-state index contributed by atoms with van der Waals surface area (Å²) in [5.74, 6) is 1.63. The Morgan fingerprint density at radius 1 is 1.24 bits per heavy atom. The second kappa shape index (κ2) is 7.53. The number of nitrogens with one attached hydrogen (secondary N) is 1. The third-order valence-corrected chi connectivity index (χ3v) is 6.91. The molecular formula is C13H18Cl2N2O2S2. The van der Waals surface area contributed by atoms with Gasteiger partial charge in [0.15, 0.2) is 0 Å². The Morgan fingerprint density at radius 2 is 1.90 bits per heavy atom. The van der Waals surface area contributed by atoms with Gasteiger partial charge < -0.3 is 5.32 Å². The molecule has 1 N–H and O–H groups in total. The summed E-state index contributed by atoms with van der Waals surface area (Å²) < 4.78 is 26.9. The summed E-state index contributed by atoms with van der Waals surface area (Å²) in [6, 6.07) is 3.10. The topological polar surface area (TPSA) is 49.4 Å². The van der Waals surface area contributed by atoms with Crippen molar-refractivity contribution in [2.75, 3.05) is 31.1 Å². The molecule has 0 spiro atoms. The highest BCUT2D eigenvalue weighted by Crippen LogP contribution is 2.31. The molecule has 0 atom stereocenters. The van der Waals surface area contributed by atoms with E-state index in [2.05, 4.69) is 5.32 Å². The number of sulfonamides is 1. The lowest BCUT2D eigenvalue weighted by atomic mass is 10.2. The Bertz CT molecular complexity index is 602. The lowest BCUT2D eigenvalue weighted by Crippen LogP contribution is -2.38. The average Bonchev–Trinajstić information content (AvgIpc) is 2.47. The number of rotatable bonds is 5. The molecule has 0 saturated carbocycles. The van der Waals surface area contributed by atoms with Crippen molar-refractivity contribution < 1.29 is 8.42 Å². The predicted molar refractivity (Wildman–Crippen MR) is 89.9 cm³/mol. The van der Waals surface area contributed by atoms with Gasteiger partial charge in [0.2, 0.25) is 10.0 Å². The van der Waals surface area contributed by atoms with Crippen LogP contribution in [0, 0.1) is 0 Å². The second-order valence-corrected chi connectivity index (χ2v) is 8.62. The van der Waals surface area contributed by atoms with Gasteiger partial charge in [0.1, 0.15) is 4.90 Å². The molecular weight excluding hydrogens is 351 g/mol. The molecule has 4 nitrogen and oxygen atoms in total. The Morgan fingerprint density at radius 3 is 2.52 bits per heavy atom. The Labute approximate surface area is 140 Å². The van der Waals surface area contributed by atoms with Crippen LogP contribution in [-0.2, 0) is 16.6 Å². The minimum Gasteiger partial charge on any atom is -0.313 e. The van der Waals surface area contributed by atoms with Crippen LogP contribution < -0.4 is 5.32 Å². The van der Waals surface area contributed by atoms with Gasteiger partial charge in [-0.05, 0) is 24.2 Å². The Balaban J connectivity index is 2.37. The summed E-state index contributed by atoms with van der Waals surface area (Å²) in [7, 11) is -3.56. The molecule has 1 aliphatic rings. The quantitative estimate of drug-likeness (QED) is 0.867. The number of benzene rings is 1. The minimum absolute atomic E-state index is 0.147. The van der Waals surface area contributed by atoms with E-state index < -0.39 is 10.0 Å². The summed E-state index contributed by atoms with van der Waals surface area (Å²) in [5.41, 5.74) is 0.743. The van der Waals surface area contributed by atoms with E-state index in [0.29, 0.717) is 24.7 Å². The third kappa shape index (κ3) is 4.06. The van der Waals surface area contributed by atoms with Gasteiger partial charge in [0.25, 0.3) is 0 Å². The molecule has 0 bridgehead atoms. The van der Waals surface area contributed by atoms with E-state index in [0.717, 1.165) is 23.6 Å². The molecule has 1 aliphatic heterocycles. The summed E-state index contributed by atoms with van der Waals surface area (Å²) in [6.07, 6.45) is 0. The first-order valence-electron chi connectivity index (χ1n) is 6.73. The van der Waals surface area contributed by atoms with Crippen LogP contribution >= 0.6 is 35.0 Å². The predicted octanol–water partition coefficient (Wildman–Crippen LogP) is 2.84. The van der Waals surface area contributed by atoms with Crippen molar-refractivity contribution in [3.8, 4) is 0 Å². The van der Waals surface area contributed by atoms with E-state index in [1.807, 2.05) is 6.92 Å². The van der Waals surface area contributed by atoms with Crippen LogP contribution in [0.3, 0.4) is 0 Å². The SMILES string of the molecule is CCNCc1cc(S(=O)(=O)N2CCSCC2)c(Cl)cc1Cl. The molecule has 2 rings (SSSR count). The maximum absolute atomic E-state index is 12.7. The molecule has 0 unspecified atom stereocenters. The summed E-state index contributed by atoms with van der Waals surface area (Å²) in [6.45, 7) is 4.32. The largest absolute Gasteiger partial charge is 0.313 e. The van der Waals surface area contributed by atoms with Crippen molar-refractivity contribution in [3.05, 3.63) is 27.7 Å². The van der Waals surface area contributed by atoms with E-state index >= 15 is 0 Å². The molecule has 1 heterocycles. The van der Waals surface area contributed by atoms with Crippen LogP contribution in [0.25, 0.3) is 0 Å². The monoisotopic (exact) mass is 368 g/mol. The number of hydrogen-bond acceptors (Lipinski definition) is 4. The molecule has 0 aromatic heterocycles. The molecule has 1 saturated heterocycles. The van der Waals surface area contributed by atoms with E-state index in [1.165, 1.54) is 10.4 Å². The van der Waals surface area contributed by atoms with Crippen molar-refractivity contribution in [3.63, 3.8) is 0 Å². The highest BCUT2D eigenvalue weighted by atomic mass is 35.5. The molecule has 118 valence electrons. The highest BCUT2D eigenvalue weighted by Gasteiger charge is 2.28. The smallest absolute Gasteiger partial charge is 0.244 e. The second-order valence-electron chi connectivity index (χ2n) is 4.67. The van der Waals surface area contributed by atoms with E-state index in [4.69, 9.17) is 23.2 Å². The molecule has 0 aliphatic carbocycles. The van der Waals surface area contributed by atoms with Crippen molar-refractivity contribution in [1.82, 2.24) is 9.62 Å². The van der Waals surface area contributed by atoms with Crippen molar-refractivity contribution in [2.45, 2.75) is 18.4 Å². The average molecular weight is 369 g/mol. The Hall–Kier alpha value is 0.0200. The zero-order chi connectivity index (χ0) is 15.5. The fourth-order valence-corrected chi connectivity index (χ4v) is 5.50. The maximum Gasteiger partial charge on any atom is 0.244 e. The zero-order valence-corrected chi connectivity index (χ0v) is 14.9. The first-order chi connectivity index (χ1) is 9.96. The van der Waals surface area contributed by atoms with E-state index in [1.54, 1.807) is 17.8 Å². The molecule has 1 fully saturated rings. The van der Waals surface area contributed by atoms with Gasteiger partial charge in [-0.1, -0.05) is 30.1 Å². The summed E-state index contributed by atoms with van der Waals surface area (Å²) in [4.78, 5) is 0.147. The van der Waals surface area contributed by atoms with E-state index in [-0.39, 0.29) is 9.92 Å². The normalized spacial score (nSPS) is 17.1. The third-order valence-electron chi connectivity index (χ3n) is 3.25. The van der Waals surface area contributed by atoms with Gasteiger partial charge in [0, 0.05) is 36.2 Å². The van der Waals surface area contributed by atoms with Crippen LogP contribution in [0.15, 0.2) is 17.0 Å². The first kappa shape index (κ1) is 17.4. The van der Waals surface area contributed by atoms with Crippen LogP contribution in [0.4, 0.5) is 0 Å². The lowest BCUT2D eigenvalue weighted by Gasteiger charge is -2.26. The minimum atomic E-state index is -3.56. The van der Waals surface area contributed by atoms with Crippen LogP contribution in [-0.4, -0.2) is 43.9 Å². The molecule has 1 aromatic carbocycles. The molecule has 0 amide bonds. The van der Waals surface area contributed by atoms with Gasteiger partial charge in [-0.2, -0.15) is 16.1 Å². The Kier molecular flexibility index (Phi) is 6.23. The van der Waals surface area contributed by atoms with Crippen molar-refractivity contribution >= 4 is 45.0 Å². The van der Waals surface area contributed by atoms with Gasteiger partial charge in [-0.25, -0.2) is 8.42 Å². The number of thioether (sulfide) groups is 1. The summed E-state index contributed by atoms with van der Waals surface area (Å²) >= 11 is 14.0. The van der Waals surface area contributed by atoms with Crippen molar-refractivity contribution in [1.29, 1.82) is 0 Å². The summed E-state index contributed by atoms with van der Waals surface area (Å²) in [5, 5.41) is 3.80. The van der Waals surface area contributed by atoms with Crippen molar-refractivity contribution in [2.24, 2.45) is 0 Å². The standard InChI is InChI=1S/C13H18Cl2N2O2S2/c1-2-16-9-10-7-13(12(15)8-11(10)14)21(18,19)17-3-5-20-6-4-17/h7-8,16H,2-6,9H2,1H3. The number of halogens is 2. The molecule has 1 aromatic rings. The maximum atomic E-state index is 12.7. The van der Waals surface area contributed by atoms with Crippen LogP contribution in [0.2, 0.25) is 10.0 Å². The molecule has 0 radical (unpaired) electrons. The molecule has 21 heavy (non-hydrogen) atoms. The zero-order valence-electron chi connectivity index (χ0n) is 11.7. The number of hydrogen-bond donors (Lipinski definition) is 1. The van der Waals surface area contributed by atoms with Gasteiger partial charge in [0.05, 0.1) is 5.02 Å². The van der Waals surface area contributed by atoms with E-state index in [9.17, 15) is 8.42 Å². The highest BCUT2D eigenvalue weighted by molar-refractivity contribution is 7.99. The molecule has 8 heteroatoms. The first-order valence-corrected chi connectivity index (χ1v) is 10.1. The van der Waals surface area contributed by atoms with Crippen LogP contribution in [0.1, 0.15) is 12.5 Å². The van der Waals surface area contributed by atoms with Crippen LogP contribution in [0.5, 0.6) is 0 Å². The fourth-order valence-electron chi connectivity index (χ4n) is 2.09. The van der Waals surface area contributed by atoms with Gasteiger partial charge >= 0.3 is 0 Å². The lowest BCUT2D eigenvalue weighted by molar-refractivity contribution is 0.443. The fraction of sp³-hybridized carbons (Fsp3) is 0.538. The van der Waals surface area contributed by atoms with Gasteiger partial charge in [-0.15, -0.1) is 0 Å². The number of nitrogens with zero attached hydrogens (tertiary/aromatic N) is 1.